The van der Waals surface area contributed by atoms with Crippen LogP contribution in [0, 0.1) is 5.92 Å². The molecule has 0 radical (unpaired) electrons. The summed E-state index contributed by atoms with van der Waals surface area (Å²) in [5.74, 6) is 0.674. The van der Waals surface area contributed by atoms with Crippen LogP contribution in [-0.4, -0.2) is 24.9 Å². The zero-order valence-corrected chi connectivity index (χ0v) is 6.51. The molecule has 0 N–H and O–H groups in total. The van der Waals surface area contributed by atoms with Crippen molar-refractivity contribution in [1.82, 2.24) is 0 Å². The fraction of sp³-hybridized carbons (Fsp3) is 0.857. The van der Waals surface area contributed by atoms with Crippen LogP contribution in [0.1, 0.15) is 12.8 Å². The summed E-state index contributed by atoms with van der Waals surface area (Å²) in [4.78, 5) is 10.4. The van der Waals surface area contributed by atoms with Gasteiger partial charge in [-0.2, -0.15) is 0 Å². The van der Waals surface area contributed by atoms with Gasteiger partial charge < -0.3 is 9.53 Å². The van der Waals surface area contributed by atoms with Gasteiger partial charge in [-0.3, -0.25) is 0 Å². The van der Waals surface area contributed by atoms with Crippen LogP contribution >= 0.6 is 11.6 Å². The van der Waals surface area contributed by atoms with E-state index in [2.05, 4.69) is 0 Å². The molecule has 0 aromatic rings. The van der Waals surface area contributed by atoms with E-state index >= 15 is 0 Å². The highest BCUT2D eigenvalue weighted by atomic mass is 35.5. The van der Waals surface area contributed by atoms with E-state index in [1.54, 1.807) is 0 Å². The minimum Gasteiger partial charge on any atom is -0.377 e. The number of rotatable bonds is 3. The molecular formula is C7H11ClO2. The molecule has 0 spiro atoms. The number of aldehydes is 1. The molecule has 0 aliphatic carbocycles. The molecule has 0 amide bonds. The molecule has 58 valence electrons. The third-order valence-electron chi connectivity index (χ3n) is 1.83. The monoisotopic (exact) mass is 162 g/mol. The highest BCUT2D eigenvalue weighted by molar-refractivity contribution is 6.17. The molecule has 1 rings (SSSR count). The Hall–Kier alpha value is -0.0800. The van der Waals surface area contributed by atoms with Gasteiger partial charge in [-0.25, -0.2) is 0 Å². The Labute approximate surface area is 65.5 Å². The normalized spacial score (nSPS) is 32.5. The van der Waals surface area contributed by atoms with E-state index in [-0.39, 0.29) is 12.0 Å². The molecule has 1 aliphatic rings. The fourth-order valence-corrected chi connectivity index (χ4v) is 1.44. The van der Waals surface area contributed by atoms with Gasteiger partial charge in [0.1, 0.15) is 6.29 Å². The smallest absolute Gasteiger partial charge is 0.125 e. The van der Waals surface area contributed by atoms with Crippen molar-refractivity contribution in [2.75, 3.05) is 12.5 Å². The van der Waals surface area contributed by atoms with Crippen molar-refractivity contribution in [2.45, 2.75) is 18.9 Å². The average Bonchev–Trinajstić information content (AvgIpc) is 2.36. The highest BCUT2D eigenvalue weighted by Crippen LogP contribution is 2.21. The summed E-state index contributed by atoms with van der Waals surface area (Å²) in [6.07, 6.45) is 2.73. The first-order chi connectivity index (χ1) is 4.88. The van der Waals surface area contributed by atoms with Gasteiger partial charge in [0.25, 0.3) is 0 Å². The van der Waals surface area contributed by atoms with Crippen LogP contribution in [0.5, 0.6) is 0 Å². The summed E-state index contributed by atoms with van der Waals surface area (Å²) in [6, 6.07) is 0. The Kier molecular flexibility index (Phi) is 3.16. The molecule has 3 heteroatoms. The van der Waals surface area contributed by atoms with Crippen LogP contribution in [0.15, 0.2) is 0 Å². The molecule has 1 aliphatic heterocycles. The Morgan fingerprint density at radius 2 is 2.50 bits per heavy atom. The maximum Gasteiger partial charge on any atom is 0.125 e. The third kappa shape index (κ3) is 1.70. The van der Waals surface area contributed by atoms with Gasteiger partial charge in [-0.05, 0) is 12.8 Å². The van der Waals surface area contributed by atoms with Crippen LogP contribution in [0.2, 0.25) is 0 Å². The van der Waals surface area contributed by atoms with Crippen LogP contribution in [-0.2, 0) is 9.53 Å². The van der Waals surface area contributed by atoms with E-state index in [1.165, 1.54) is 0 Å². The third-order valence-corrected chi connectivity index (χ3v) is 2.05. The number of halogens is 1. The number of hydrogen-bond acceptors (Lipinski definition) is 2. The lowest BCUT2D eigenvalue weighted by Gasteiger charge is -2.10. The summed E-state index contributed by atoms with van der Waals surface area (Å²) in [7, 11) is 0. The van der Waals surface area contributed by atoms with Crippen molar-refractivity contribution in [3.05, 3.63) is 0 Å². The van der Waals surface area contributed by atoms with Crippen LogP contribution in [0.25, 0.3) is 0 Å². The molecule has 10 heavy (non-hydrogen) atoms. The predicted octanol–water partition coefficient (Wildman–Crippen LogP) is 1.22. The zero-order valence-electron chi connectivity index (χ0n) is 5.75. The summed E-state index contributed by atoms with van der Waals surface area (Å²) in [5.41, 5.74) is 0. The number of carbonyl (C=O) groups excluding carboxylic acids is 1. The van der Waals surface area contributed by atoms with E-state index in [4.69, 9.17) is 16.3 Å². The first-order valence-electron chi connectivity index (χ1n) is 3.51. The lowest BCUT2D eigenvalue weighted by atomic mass is 10.0. The minimum atomic E-state index is 0.0926. The van der Waals surface area contributed by atoms with Crippen LogP contribution in [0.4, 0.5) is 0 Å². The van der Waals surface area contributed by atoms with Gasteiger partial charge in [-0.15, -0.1) is 11.6 Å². The van der Waals surface area contributed by atoms with Crippen molar-refractivity contribution in [1.29, 1.82) is 0 Å². The number of alkyl halides is 1. The molecule has 2 nitrogen and oxygen atoms in total. The SMILES string of the molecule is O=C[C@H]1CCO[C@H]1CCCl. The van der Waals surface area contributed by atoms with Gasteiger partial charge in [0.05, 0.1) is 6.10 Å². The second-order valence-corrected chi connectivity index (χ2v) is 2.85. The molecule has 1 fully saturated rings. The highest BCUT2D eigenvalue weighted by Gasteiger charge is 2.26. The average molecular weight is 163 g/mol. The maximum absolute atomic E-state index is 10.4. The van der Waals surface area contributed by atoms with Crippen molar-refractivity contribution in [2.24, 2.45) is 5.92 Å². The maximum atomic E-state index is 10.4. The van der Waals surface area contributed by atoms with E-state index in [9.17, 15) is 4.79 Å². The quantitative estimate of drug-likeness (QED) is 0.461. The van der Waals surface area contributed by atoms with Crippen molar-refractivity contribution in [3.8, 4) is 0 Å². The van der Waals surface area contributed by atoms with Crippen LogP contribution in [0.3, 0.4) is 0 Å². The molecule has 0 aromatic heterocycles. The molecule has 0 aromatic carbocycles. The minimum absolute atomic E-state index is 0.0926. The summed E-state index contributed by atoms with van der Waals surface area (Å²) in [6.45, 7) is 0.713. The topological polar surface area (TPSA) is 26.3 Å². The van der Waals surface area contributed by atoms with Crippen molar-refractivity contribution >= 4 is 17.9 Å². The lowest BCUT2D eigenvalue weighted by molar-refractivity contribution is -0.112. The first-order valence-corrected chi connectivity index (χ1v) is 4.05. The molecule has 0 bridgehead atoms. The molecule has 0 unspecified atom stereocenters. The van der Waals surface area contributed by atoms with Crippen molar-refractivity contribution < 1.29 is 9.53 Å². The van der Waals surface area contributed by atoms with E-state index in [1.807, 2.05) is 0 Å². The number of carbonyl (C=O) groups is 1. The standard InChI is InChI=1S/C7H11ClO2/c8-3-1-7-6(5-9)2-4-10-7/h5-7H,1-4H2/t6-,7+/m1/s1. The van der Waals surface area contributed by atoms with Gasteiger partial charge in [-0.1, -0.05) is 0 Å². The number of ether oxygens (including phenoxy) is 1. The fourth-order valence-electron chi connectivity index (χ4n) is 1.23. The zero-order chi connectivity index (χ0) is 7.40. The lowest BCUT2D eigenvalue weighted by Crippen LogP contribution is -2.17. The van der Waals surface area contributed by atoms with Gasteiger partial charge in [0.15, 0.2) is 0 Å². The molecule has 0 saturated carbocycles. The molecule has 1 heterocycles. The Bertz CT molecular complexity index is 116. The Morgan fingerprint density at radius 3 is 3.10 bits per heavy atom. The molecular weight excluding hydrogens is 152 g/mol. The summed E-state index contributed by atoms with van der Waals surface area (Å²) < 4.78 is 5.28. The second kappa shape index (κ2) is 3.94. The first kappa shape index (κ1) is 8.02. The Balaban J connectivity index is 2.34. The number of hydrogen-bond donors (Lipinski definition) is 0. The molecule has 1 saturated heterocycles. The van der Waals surface area contributed by atoms with E-state index in [0.29, 0.717) is 12.5 Å². The van der Waals surface area contributed by atoms with E-state index < -0.39 is 0 Å². The largest absolute Gasteiger partial charge is 0.377 e. The van der Waals surface area contributed by atoms with Crippen molar-refractivity contribution in [3.63, 3.8) is 0 Å². The van der Waals surface area contributed by atoms with Gasteiger partial charge >= 0.3 is 0 Å². The van der Waals surface area contributed by atoms with Gasteiger partial charge in [0, 0.05) is 18.4 Å². The molecule has 2 atom stereocenters. The van der Waals surface area contributed by atoms with Gasteiger partial charge in [0.2, 0.25) is 0 Å². The predicted molar refractivity (Wildman–Crippen MR) is 39.2 cm³/mol. The second-order valence-electron chi connectivity index (χ2n) is 2.48. The summed E-state index contributed by atoms with van der Waals surface area (Å²) >= 11 is 5.51. The Morgan fingerprint density at radius 1 is 1.70 bits per heavy atom. The van der Waals surface area contributed by atoms with E-state index in [0.717, 1.165) is 19.1 Å². The van der Waals surface area contributed by atoms with Crippen LogP contribution < -0.4 is 0 Å². The summed E-state index contributed by atoms with van der Waals surface area (Å²) in [5, 5.41) is 0.